The average Bonchev–Trinajstić information content (AvgIpc) is 3.25. The number of nitrogens with one attached hydrogen (secondary N) is 3. The molecule has 0 amide bonds. The standard InChI is InChI=1S/C26H32N6/c1-19-24-15-23(17-32-12-10-27-11-13-32)30-26(24)25(18-31(19)2)20-6-5-8-21(14-20)29-16-22-7-3-4-9-28-22/h3,5-8,14-15,18,27,29-30H,1,4,9-13,16-17H2,2H3. The number of benzene rings is 1. The molecule has 0 radical (unpaired) electrons. The summed E-state index contributed by atoms with van der Waals surface area (Å²) in [6, 6.07) is 10.9. The Balaban J connectivity index is 1.38. The topological polar surface area (TPSA) is 58.7 Å². The highest BCUT2D eigenvalue weighted by atomic mass is 15.2. The zero-order chi connectivity index (χ0) is 21.9. The van der Waals surface area contributed by atoms with Gasteiger partial charge in [0.25, 0.3) is 0 Å². The van der Waals surface area contributed by atoms with Crippen molar-refractivity contribution in [2.75, 3.05) is 51.6 Å². The molecule has 6 nitrogen and oxygen atoms in total. The molecule has 5 rings (SSSR count). The van der Waals surface area contributed by atoms with Gasteiger partial charge in [-0.3, -0.25) is 9.89 Å². The van der Waals surface area contributed by atoms with Crippen LogP contribution in [0.15, 0.2) is 60.3 Å². The van der Waals surface area contributed by atoms with Gasteiger partial charge >= 0.3 is 0 Å². The Bertz CT molecular complexity index is 1080. The highest BCUT2D eigenvalue weighted by Gasteiger charge is 2.24. The molecule has 1 aromatic heterocycles. The molecule has 4 heterocycles. The summed E-state index contributed by atoms with van der Waals surface area (Å²) in [7, 11) is 2.07. The molecule has 2 aromatic rings. The van der Waals surface area contributed by atoms with Gasteiger partial charge in [0, 0.05) is 80.7 Å². The molecule has 1 aromatic carbocycles. The molecular formula is C26H32N6. The summed E-state index contributed by atoms with van der Waals surface area (Å²) in [6.07, 6.45) is 7.54. The number of fused-ring (bicyclic) bond motifs is 1. The summed E-state index contributed by atoms with van der Waals surface area (Å²) in [5, 5.41) is 6.96. The number of dihydropyridines is 1. The number of aromatic nitrogens is 1. The van der Waals surface area contributed by atoms with Crippen molar-refractivity contribution in [3.63, 3.8) is 0 Å². The maximum atomic E-state index is 4.58. The van der Waals surface area contributed by atoms with Crippen molar-refractivity contribution < 1.29 is 0 Å². The number of aliphatic imine (C=N–C) groups is 1. The molecule has 0 spiro atoms. The minimum Gasteiger partial charge on any atom is -0.379 e. The lowest BCUT2D eigenvalue weighted by Crippen LogP contribution is -2.42. The van der Waals surface area contributed by atoms with E-state index in [-0.39, 0.29) is 0 Å². The van der Waals surface area contributed by atoms with Crippen LogP contribution >= 0.6 is 0 Å². The average molecular weight is 429 g/mol. The number of hydrogen-bond acceptors (Lipinski definition) is 5. The highest BCUT2D eigenvalue weighted by Crippen LogP contribution is 2.37. The van der Waals surface area contributed by atoms with Crippen molar-refractivity contribution in [2.45, 2.75) is 13.0 Å². The normalized spacial score (nSPS) is 18.9. The predicted molar refractivity (Wildman–Crippen MR) is 134 cm³/mol. The number of H-pyrrole nitrogens is 1. The molecule has 6 heteroatoms. The fourth-order valence-electron chi connectivity index (χ4n) is 4.55. The first-order valence-electron chi connectivity index (χ1n) is 11.5. The van der Waals surface area contributed by atoms with Gasteiger partial charge in [-0.25, -0.2) is 0 Å². The van der Waals surface area contributed by atoms with Gasteiger partial charge in [0.05, 0.1) is 18.0 Å². The first kappa shape index (κ1) is 20.8. The predicted octanol–water partition coefficient (Wildman–Crippen LogP) is 3.54. The van der Waals surface area contributed by atoms with Crippen LogP contribution in [-0.4, -0.2) is 66.8 Å². The molecule has 0 bridgehead atoms. The molecule has 1 fully saturated rings. The van der Waals surface area contributed by atoms with Gasteiger partial charge in [0.1, 0.15) is 0 Å². The van der Waals surface area contributed by atoms with E-state index >= 15 is 0 Å². The van der Waals surface area contributed by atoms with Crippen LogP contribution in [0, 0.1) is 0 Å². The second-order valence-corrected chi connectivity index (χ2v) is 8.71. The van der Waals surface area contributed by atoms with E-state index in [1.807, 2.05) is 0 Å². The molecule has 1 saturated heterocycles. The van der Waals surface area contributed by atoms with Crippen LogP contribution in [0.1, 0.15) is 28.9 Å². The molecule has 32 heavy (non-hydrogen) atoms. The van der Waals surface area contributed by atoms with E-state index in [0.29, 0.717) is 0 Å². The van der Waals surface area contributed by atoms with E-state index in [9.17, 15) is 0 Å². The number of anilines is 1. The maximum Gasteiger partial charge on any atom is 0.0571 e. The zero-order valence-electron chi connectivity index (χ0n) is 18.8. The van der Waals surface area contributed by atoms with Crippen molar-refractivity contribution in [2.24, 2.45) is 4.99 Å². The Hall–Kier alpha value is -3.09. The third kappa shape index (κ3) is 4.42. The van der Waals surface area contributed by atoms with Crippen LogP contribution in [0.4, 0.5) is 5.69 Å². The van der Waals surface area contributed by atoms with E-state index in [1.165, 1.54) is 22.4 Å². The number of hydrogen-bond donors (Lipinski definition) is 3. The van der Waals surface area contributed by atoms with Gasteiger partial charge in [-0.2, -0.15) is 0 Å². The molecule has 3 N–H and O–H groups in total. The van der Waals surface area contributed by atoms with Crippen LogP contribution in [0.25, 0.3) is 11.3 Å². The van der Waals surface area contributed by atoms with Crippen molar-refractivity contribution in [1.29, 1.82) is 0 Å². The van der Waals surface area contributed by atoms with Gasteiger partial charge in [0.15, 0.2) is 0 Å². The summed E-state index contributed by atoms with van der Waals surface area (Å²) in [5.41, 5.74) is 9.22. The lowest BCUT2D eigenvalue weighted by Gasteiger charge is -2.26. The lowest BCUT2D eigenvalue weighted by atomic mass is 9.96. The Morgan fingerprint density at radius 3 is 2.88 bits per heavy atom. The van der Waals surface area contributed by atoms with E-state index in [0.717, 1.165) is 75.0 Å². The Labute approximate surface area is 190 Å². The number of nitrogens with zero attached hydrogens (tertiary/aromatic N) is 3. The summed E-state index contributed by atoms with van der Waals surface area (Å²) in [6.45, 7) is 11.2. The second kappa shape index (κ2) is 9.18. The van der Waals surface area contributed by atoms with Gasteiger partial charge in [-0.1, -0.05) is 24.8 Å². The van der Waals surface area contributed by atoms with Crippen LogP contribution in [0.2, 0.25) is 0 Å². The molecular weight excluding hydrogens is 396 g/mol. The van der Waals surface area contributed by atoms with Gasteiger partial charge in [0.2, 0.25) is 0 Å². The van der Waals surface area contributed by atoms with Crippen LogP contribution < -0.4 is 10.6 Å². The molecule has 0 unspecified atom stereocenters. The van der Waals surface area contributed by atoms with Crippen molar-refractivity contribution in [3.8, 4) is 0 Å². The summed E-state index contributed by atoms with van der Waals surface area (Å²) in [4.78, 5) is 12.9. The Morgan fingerprint density at radius 1 is 1.19 bits per heavy atom. The minimum absolute atomic E-state index is 0.748. The van der Waals surface area contributed by atoms with Gasteiger partial charge in [-0.05, 0) is 36.3 Å². The van der Waals surface area contributed by atoms with E-state index in [1.54, 1.807) is 0 Å². The quantitative estimate of drug-likeness (QED) is 0.659. The second-order valence-electron chi connectivity index (χ2n) is 8.71. The van der Waals surface area contributed by atoms with E-state index in [4.69, 9.17) is 0 Å². The van der Waals surface area contributed by atoms with Crippen molar-refractivity contribution >= 4 is 22.7 Å². The fourth-order valence-corrected chi connectivity index (χ4v) is 4.55. The maximum absolute atomic E-state index is 4.58. The number of piperazine rings is 1. The molecule has 0 aliphatic carbocycles. The third-order valence-corrected chi connectivity index (χ3v) is 6.37. The number of aromatic amines is 1. The molecule has 166 valence electrons. The first-order chi connectivity index (χ1) is 15.7. The van der Waals surface area contributed by atoms with Crippen LogP contribution in [0.5, 0.6) is 0 Å². The van der Waals surface area contributed by atoms with E-state index < -0.39 is 0 Å². The van der Waals surface area contributed by atoms with Gasteiger partial charge in [-0.15, -0.1) is 0 Å². The lowest BCUT2D eigenvalue weighted by molar-refractivity contribution is 0.231. The largest absolute Gasteiger partial charge is 0.379 e. The molecule has 3 aliphatic rings. The fraction of sp³-hybridized carbons (Fsp3) is 0.346. The molecule has 0 atom stereocenters. The monoisotopic (exact) mass is 428 g/mol. The Morgan fingerprint density at radius 2 is 2.06 bits per heavy atom. The molecule has 3 aliphatic heterocycles. The van der Waals surface area contributed by atoms with Gasteiger partial charge < -0.3 is 20.5 Å². The van der Waals surface area contributed by atoms with E-state index in [2.05, 4.69) is 92.7 Å². The summed E-state index contributed by atoms with van der Waals surface area (Å²) >= 11 is 0. The van der Waals surface area contributed by atoms with Crippen molar-refractivity contribution in [1.82, 2.24) is 20.1 Å². The Kier molecular flexibility index (Phi) is 5.97. The SMILES string of the molecule is C=C1c2cc(CN3CCNCC3)[nH]c2C(c2cccc(NCC3=NCCC=C3)c2)=CN1C. The van der Waals surface area contributed by atoms with Crippen LogP contribution in [0.3, 0.4) is 0 Å². The smallest absolute Gasteiger partial charge is 0.0571 e. The number of rotatable bonds is 6. The third-order valence-electron chi connectivity index (χ3n) is 6.37. The molecule has 0 saturated carbocycles. The first-order valence-corrected chi connectivity index (χ1v) is 11.5. The zero-order valence-corrected chi connectivity index (χ0v) is 18.8. The summed E-state index contributed by atoms with van der Waals surface area (Å²) in [5.74, 6) is 0. The highest BCUT2D eigenvalue weighted by molar-refractivity contribution is 5.98. The van der Waals surface area contributed by atoms with Crippen LogP contribution in [-0.2, 0) is 6.54 Å². The van der Waals surface area contributed by atoms with Crippen molar-refractivity contribution in [3.05, 3.63) is 77.8 Å². The minimum atomic E-state index is 0.748. The summed E-state index contributed by atoms with van der Waals surface area (Å²) < 4.78 is 0.